The van der Waals surface area contributed by atoms with E-state index in [1.54, 1.807) is 19.1 Å². The monoisotopic (exact) mass is 287 g/mol. The maximum atomic E-state index is 13.3. The fourth-order valence-corrected chi connectivity index (χ4v) is 2.16. The van der Waals surface area contributed by atoms with Gasteiger partial charge in [0.25, 0.3) is 0 Å². The van der Waals surface area contributed by atoms with Crippen molar-refractivity contribution < 1.29 is 9.13 Å². The molecule has 1 atom stereocenters. The van der Waals surface area contributed by atoms with Crippen molar-refractivity contribution >= 4 is 0 Å². The lowest BCUT2D eigenvalue weighted by Crippen LogP contribution is -2.27. The Bertz CT molecular complexity index is 556. The minimum Gasteiger partial charge on any atom is -0.492 e. The first-order valence-corrected chi connectivity index (χ1v) is 7.38. The number of halogens is 1. The Labute approximate surface area is 126 Å². The lowest BCUT2D eigenvalue weighted by atomic mass is 10.1. The summed E-state index contributed by atoms with van der Waals surface area (Å²) < 4.78 is 19.1. The third-order valence-corrected chi connectivity index (χ3v) is 3.39. The lowest BCUT2D eigenvalue weighted by molar-refractivity contribution is 0.266. The topological polar surface area (TPSA) is 21.3 Å². The molecule has 0 heterocycles. The minimum absolute atomic E-state index is 0.136. The molecule has 112 valence electrons. The summed E-state index contributed by atoms with van der Waals surface area (Å²) in [5, 5.41) is 3.48. The van der Waals surface area contributed by atoms with Crippen molar-refractivity contribution in [1.82, 2.24) is 5.32 Å². The summed E-state index contributed by atoms with van der Waals surface area (Å²) in [6.07, 6.45) is 1.07. The molecule has 0 saturated heterocycles. The third kappa shape index (κ3) is 4.57. The minimum atomic E-state index is -0.203. The smallest absolute Gasteiger partial charge is 0.126 e. The zero-order valence-corrected chi connectivity index (χ0v) is 12.6. The van der Waals surface area contributed by atoms with Crippen LogP contribution in [0.4, 0.5) is 4.39 Å². The Morgan fingerprint density at radius 3 is 2.57 bits per heavy atom. The summed E-state index contributed by atoms with van der Waals surface area (Å²) in [5.74, 6) is 0.499. The molecule has 0 amide bonds. The average molecular weight is 287 g/mol. The van der Waals surface area contributed by atoms with Gasteiger partial charge in [0.05, 0.1) is 6.04 Å². The molecule has 2 rings (SSSR count). The molecule has 2 nitrogen and oxygen atoms in total. The predicted octanol–water partition coefficient (Wildman–Crippen LogP) is 4.25. The molecule has 0 fully saturated rings. The highest BCUT2D eigenvalue weighted by atomic mass is 19.1. The summed E-state index contributed by atoms with van der Waals surface area (Å²) in [4.78, 5) is 0. The van der Waals surface area contributed by atoms with Crippen LogP contribution in [0.3, 0.4) is 0 Å². The zero-order valence-electron chi connectivity index (χ0n) is 12.6. The van der Waals surface area contributed by atoms with Crippen LogP contribution in [-0.4, -0.2) is 13.2 Å². The number of benzene rings is 2. The van der Waals surface area contributed by atoms with Crippen molar-refractivity contribution in [2.24, 2.45) is 0 Å². The molecule has 0 saturated carbocycles. The van der Waals surface area contributed by atoms with Gasteiger partial charge in [0, 0.05) is 0 Å². The van der Waals surface area contributed by atoms with Crippen LogP contribution in [0.2, 0.25) is 0 Å². The fraction of sp³-hybridized carbons (Fsp3) is 0.333. The summed E-state index contributed by atoms with van der Waals surface area (Å²) in [5.41, 5.74) is 1.80. The molecule has 1 N–H and O–H groups in total. The maximum absolute atomic E-state index is 13.3. The van der Waals surface area contributed by atoms with Crippen molar-refractivity contribution in [3.63, 3.8) is 0 Å². The largest absolute Gasteiger partial charge is 0.492 e. The zero-order chi connectivity index (χ0) is 15.1. The normalized spacial score (nSPS) is 12.1. The van der Waals surface area contributed by atoms with E-state index < -0.39 is 0 Å². The van der Waals surface area contributed by atoms with Crippen molar-refractivity contribution in [2.45, 2.75) is 26.3 Å². The standard InChI is InChI=1S/C18H22FNO/c1-3-11-20-18(15-7-5-4-6-8-15)13-21-16-9-10-17(19)14(2)12-16/h4-10,12,18,20H,3,11,13H2,1-2H3. The molecule has 0 spiro atoms. The second kappa shape index (κ2) is 7.79. The third-order valence-electron chi connectivity index (χ3n) is 3.39. The van der Waals surface area contributed by atoms with Gasteiger partial charge >= 0.3 is 0 Å². The molecule has 0 aliphatic heterocycles. The SMILES string of the molecule is CCCNC(COc1ccc(F)c(C)c1)c1ccccc1. The van der Waals surface area contributed by atoms with Gasteiger partial charge in [0.1, 0.15) is 18.2 Å². The first-order valence-electron chi connectivity index (χ1n) is 7.38. The van der Waals surface area contributed by atoms with Gasteiger partial charge < -0.3 is 10.1 Å². The quantitative estimate of drug-likeness (QED) is 0.822. The van der Waals surface area contributed by atoms with Crippen molar-refractivity contribution in [3.05, 3.63) is 65.5 Å². The van der Waals surface area contributed by atoms with Gasteiger partial charge in [-0.25, -0.2) is 4.39 Å². The van der Waals surface area contributed by atoms with E-state index in [-0.39, 0.29) is 11.9 Å². The van der Waals surface area contributed by atoms with E-state index in [1.807, 2.05) is 18.2 Å². The first kappa shape index (κ1) is 15.5. The second-order valence-electron chi connectivity index (χ2n) is 5.14. The molecule has 21 heavy (non-hydrogen) atoms. The van der Waals surface area contributed by atoms with E-state index in [1.165, 1.54) is 11.6 Å². The second-order valence-corrected chi connectivity index (χ2v) is 5.14. The van der Waals surface area contributed by atoms with Crippen LogP contribution >= 0.6 is 0 Å². The Hall–Kier alpha value is -1.87. The number of hydrogen-bond acceptors (Lipinski definition) is 2. The van der Waals surface area contributed by atoms with Crippen LogP contribution in [0.15, 0.2) is 48.5 Å². The number of ether oxygens (including phenoxy) is 1. The van der Waals surface area contributed by atoms with Crippen LogP contribution in [0.1, 0.15) is 30.5 Å². The molecule has 0 bridgehead atoms. The van der Waals surface area contributed by atoms with E-state index in [0.29, 0.717) is 17.9 Å². The molecule has 0 aromatic heterocycles. The molecule has 2 aromatic rings. The van der Waals surface area contributed by atoms with Gasteiger partial charge in [-0.2, -0.15) is 0 Å². The number of aryl methyl sites for hydroxylation is 1. The summed E-state index contributed by atoms with van der Waals surface area (Å²) in [6.45, 7) is 5.34. The van der Waals surface area contributed by atoms with Gasteiger partial charge in [-0.05, 0) is 49.2 Å². The van der Waals surface area contributed by atoms with E-state index in [2.05, 4.69) is 24.4 Å². The lowest BCUT2D eigenvalue weighted by Gasteiger charge is -2.19. The molecule has 1 unspecified atom stereocenters. The van der Waals surface area contributed by atoms with E-state index in [9.17, 15) is 4.39 Å². The molecular weight excluding hydrogens is 265 g/mol. The number of hydrogen-bond donors (Lipinski definition) is 1. The number of nitrogens with one attached hydrogen (secondary N) is 1. The average Bonchev–Trinajstić information content (AvgIpc) is 2.51. The molecule has 0 aliphatic carbocycles. The van der Waals surface area contributed by atoms with Crippen LogP contribution in [0, 0.1) is 12.7 Å². The van der Waals surface area contributed by atoms with Crippen LogP contribution < -0.4 is 10.1 Å². The van der Waals surface area contributed by atoms with Crippen molar-refractivity contribution in [2.75, 3.05) is 13.2 Å². The van der Waals surface area contributed by atoms with Gasteiger partial charge in [0.15, 0.2) is 0 Å². The fourth-order valence-electron chi connectivity index (χ4n) is 2.16. The van der Waals surface area contributed by atoms with Crippen LogP contribution in [0.5, 0.6) is 5.75 Å². The van der Waals surface area contributed by atoms with E-state index in [4.69, 9.17) is 4.74 Å². The molecule has 2 aromatic carbocycles. The van der Waals surface area contributed by atoms with Gasteiger partial charge in [-0.1, -0.05) is 37.3 Å². The Morgan fingerprint density at radius 1 is 1.14 bits per heavy atom. The molecule has 0 radical (unpaired) electrons. The summed E-state index contributed by atoms with van der Waals surface area (Å²) in [7, 11) is 0. The highest BCUT2D eigenvalue weighted by Gasteiger charge is 2.11. The van der Waals surface area contributed by atoms with E-state index >= 15 is 0 Å². The van der Waals surface area contributed by atoms with Crippen molar-refractivity contribution in [1.29, 1.82) is 0 Å². The van der Waals surface area contributed by atoms with Gasteiger partial charge in [0.2, 0.25) is 0 Å². The number of rotatable bonds is 7. The summed E-state index contributed by atoms with van der Waals surface area (Å²) >= 11 is 0. The first-order chi connectivity index (χ1) is 10.2. The molecule has 3 heteroatoms. The van der Waals surface area contributed by atoms with Crippen molar-refractivity contribution in [3.8, 4) is 5.75 Å². The van der Waals surface area contributed by atoms with Gasteiger partial charge in [-0.3, -0.25) is 0 Å². The van der Waals surface area contributed by atoms with Crippen LogP contribution in [0.25, 0.3) is 0 Å². The highest BCUT2D eigenvalue weighted by Crippen LogP contribution is 2.19. The Morgan fingerprint density at radius 2 is 1.90 bits per heavy atom. The van der Waals surface area contributed by atoms with E-state index in [0.717, 1.165) is 13.0 Å². The molecular formula is C18H22FNO. The van der Waals surface area contributed by atoms with Gasteiger partial charge in [-0.15, -0.1) is 0 Å². The Balaban J connectivity index is 2.03. The Kier molecular flexibility index (Phi) is 5.76. The molecule has 0 aliphatic rings. The maximum Gasteiger partial charge on any atom is 0.126 e. The highest BCUT2D eigenvalue weighted by molar-refractivity contribution is 5.29. The van der Waals surface area contributed by atoms with Crippen LogP contribution in [-0.2, 0) is 0 Å². The summed E-state index contributed by atoms with van der Waals surface area (Å²) in [6, 6.07) is 15.2. The predicted molar refractivity (Wildman–Crippen MR) is 84.1 cm³/mol.